The number of aliphatic carboxylic acids is 2. The first-order valence-electron chi connectivity index (χ1n) is 19.6. The van der Waals surface area contributed by atoms with Gasteiger partial charge in [0.2, 0.25) is 16.9 Å². The van der Waals surface area contributed by atoms with E-state index in [1.165, 1.54) is 64.7 Å². The van der Waals surface area contributed by atoms with E-state index in [1.807, 2.05) is 0 Å². The first-order chi connectivity index (χ1) is 24.9. The van der Waals surface area contributed by atoms with Crippen molar-refractivity contribution < 1.29 is 43.8 Å². The fourth-order valence-corrected chi connectivity index (χ4v) is 6.61. The number of Topliss-reactive ketones (excluding diaryl/α,β-unsaturated/α-hetero) is 2. The maximum absolute atomic E-state index is 12.5. The molecule has 14 heteroatoms. The van der Waals surface area contributed by atoms with Crippen LogP contribution in [0.15, 0.2) is 0 Å². The van der Waals surface area contributed by atoms with Gasteiger partial charge in [0.25, 0.3) is 0 Å². The number of amides is 2. The molecule has 0 heterocycles. The van der Waals surface area contributed by atoms with Gasteiger partial charge in [-0.3, -0.25) is 33.6 Å². The van der Waals surface area contributed by atoms with E-state index in [1.54, 1.807) is 6.92 Å². The van der Waals surface area contributed by atoms with E-state index in [-0.39, 0.29) is 60.7 Å². The topological polar surface area (TPSA) is 222 Å². The van der Waals surface area contributed by atoms with Crippen molar-refractivity contribution in [2.75, 3.05) is 13.1 Å². The van der Waals surface area contributed by atoms with Crippen LogP contribution >= 0.6 is 11.9 Å². The quantitative estimate of drug-likeness (QED) is 0.0320. The number of rotatable bonds is 36. The molecule has 0 fully saturated rings. The molecule has 2 amide bonds. The van der Waals surface area contributed by atoms with E-state index in [0.717, 1.165) is 56.9 Å². The van der Waals surface area contributed by atoms with Crippen molar-refractivity contribution in [3.8, 4) is 0 Å². The van der Waals surface area contributed by atoms with E-state index in [4.69, 9.17) is 10.8 Å². The molecule has 0 aliphatic heterocycles. The molecule has 300 valence electrons. The molecule has 0 bridgehead atoms. The number of hydrogen-bond acceptors (Lipinski definition) is 10. The Morgan fingerprint density at radius 3 is 1.62 bits per heavy atom. The third-order valence-corrected chi connectivity index (χ3v) is 10.0. The summed E-state index contributed by atoms with van der Waals surface area (Å²) in [5.41, 5.74) is 5.50. The summed E-state index contributed by atoms with van der Waals surface area (Å²) in [5, 5.41) is 23.1. The SMILES string of the molecule is CC(=O)N[C@@H](C)C(=O)SN[C@@H](CCCCNC(=O)CC[C@H](CC(=O)CCCCCCCCCCCCCCCCCCC(=O)O)C(=O)O)C(=O)CN. The van der Waals surface area contributed by atoms with Crippen LogP contribution in [0.4, 0.5) is 0 Å². The van der Waals surface area contributed by atoms with E-state index in [2.05, 4.69) is 15.4 Å². The highest BCUT2D eigenvalue weighted by molar-refractivity contribution is 8.12. The first-order valence-corrected chi connectivity index (χ1v) is 20.4. The number of carboxylic acids is 2. The van der Waals surface area contributed by atoms with Gasteiger partial charge in [0, 0.05) is 39.2 Å². The van der Waals surface area contributed by atoms with Crippen molar-refractivity contribution in [2.45, 2.75) is 180 Å². The molecule has 0 aliphatic rings. The highest BCUT2D eigenvalue weighted by Crippen LogP contribution is 2.17. The number of hydrogen-bond donors (Lipinski definition) is 6. The zero-order chi connectivity index (χ0) is 39.0. The highest BCUT2D eigenvalue weighted by Gasteiger charge is 2.23. The van der Waals surface area contributed by atoms with E-state index < -0.39 is 29.9 Å². The monoisotopic (exact) mass is 756 g/mol. The largest absolute Gasteiger partial charge is 0.481 e. The summed E-state index contributed by atoms with van der Waals surface area (Å²) >= 11 is 0.746. The Bertz CT molecular complexity index is 1060. The van der Waals surface area contributed by atoms with Gasteiger partial charge >= 0.3 is 11.9 Å². The molecule has 0 saturated carbocycles. The summed E-state index contributed by atoms with van der Waals surface area (Å²) in [5.74, 6) is -3.63. The number of nitrogens with one attached hydrogen (secondary N) is 3. The zero-order valence-electron chi connectivity index (χ0n) is 31.9. The Hall–Kier alpha value is -2.84. The molecule has 0 aromatic carbocycles. The van der Waals surface area contributed by atoms with Crippen molar-refractivity contribution in [2.24, 2.45) is 11.7 Å². The molecule has 7 N–H and O–H groups in total. The molecule has 0 aromatic heterocycles. The van der Waals surface area contributed by atoms with Gasteiger partial charge in [-0.25, -0.2) is 4.72 Å². The van der Waals surface area contributed by atoms with Gasteiger partial charge in [0.15, 0.2) is 5.78 Å². The predicted octanol–water partition coefficient (Wildman–Crippen LogP) is 6.00. The molecule has 3 atom stereocenters. The maximum Gasteiger partial charge on any atom is 0.306 e. The number of ketones is 2. The molecule has 13 nitrogen and oxygen atoms in total. The average molecular weight is 757 g/mol. The molecule has 0 aliphatic carbocycles. The molecule has 0 spiro atoms. The second-order valence-electron chi connectivity index (χ2n) is 13.9. The number of carbonyl (C=O) groups excluding carboxylic acids is 5. The summed E-state index contributed by atoms with van der Waals surface area (Å²) in [6.45, 7) is 3.01. The molecule has 0 saturated heterocycles. The van der Waals surface area contributed by atoms with Gasteiger partial charge in [0.05, 0.1) is 24.5 Å². The fourth-order valence-electron chi connectivity index (χ4n) is 5.87. The van der Waals surface area contributed by atoms with Gasteiger partial charge in [0.1, 0.15) is 5.78 Å². The van der Waals surface area contributed by atoms with Gasteiger partial charge in [-0.15, -0.1) is 0 Å². The van der Waals surface area contributed by atoms with Crippen LogP contribution in [0, 0.1) is 5.92 Å². The van der Waals surface area contributed by atoms with E-state index in [9.17, 15) is 38.7 Å². The molecule has 0 rings (SSSR count). The smallest absolute Gasteiger partial charge is 0.306 e. The summed E-state index contributed by atoms with van der Waals surface area (Å²) in [6, 6.07) is -1.37. The van der Waals surface area contributed by atoms with E-state index in [0.29, 0.717) is 32.2 Å². The van der Waals surface area contributed by atoms with Crippen molar-refractivity contribution in [3.05, 3.63) is 0 Å². The Morgan fingerprint density at radius 2 is 1.15 bits per heavy atom. The summed E-state index contributed by atoms with van der Waals surface area (Å²) in [4.78, 5) is 82.5. The lowest BCUT2D eigenvalue weighted by Crippen LogP contribution is -2.41. The summed E-state index contributed by atoms with van der Waals surface area (Å²) < 4.78 is 2.83. The molecular formula is C38H68N4O9S. The molecule has 52 heavy (non-hydrogen) atoms. The maximum atomic E-state index is 12.5. The van der Waals surface area contributed by atoms with Crippen LogP contribution in [-0.4, -0.2) is 75.8 Å². The van der Waals surface area contributed by atoms with Gasteiger partial charge in [-0.05, 0) is 57.4 Å². The Kier molecular flexibility index (Phi) is 31.0. The third kappa shape index (κ3) is 29.7. The van der Waals surface area contributed by atoms with Crippen LogP contribution in [0.5, 0.6) is 0 Å². The minimum Gasteiger partial charge on any atom is -0.481 e. The molecule has 0 unspecified atom stereocenters. The normalized spacial score (nSPS) is 12.8. The molecular weight excluding hydrogens is 689 g/mol. The summed E-state index contributed by atoms with van der Waals surface area (Å²) in [6.07, 6.45) is 20.3. The van der Waals surface area contributed by atoms with E-state index >= 15 is 0 Å². The average Bonchev–Trinajstić information content (AvgIpc) is 3.09. The number of unbranched alkanes of at least 4 members (excludes halogenated alkanes) is 16. The first kappa shape index (κ1) is 49.2. The number of nitrogens with two attached hydrogens (primary N) is 1. The van der Waals surface area contributed by atoms with Crippen molar-refractivity contribution in [3.63, 3.8) is 0 Å². The van der Waals surface area contributed by atoms with Gasteiger partial charge in [-0.2, -0.15) is 0 Å². The Labute approximate surface area is 315 Å². The van der Waals surface area contributed by atoms with Crippen LogP contribution in [0.1, 0.15) is 168 Å². The standard InChI is InChI=1S/C38H68N4O9S/c1-29(41-30(2)43)38(51)52-42-33(34(45)28-39)22-19-20-26-40-35(46)25-24-31(37(49)50)27-32(44)21-17-15-13-11-9-7-5-3-4-6-8-10-12-14-16-18-23-36(47)48/h29,31,33,42H,3-28,39H2,1-2H3,(H,40,46)(H,41,43)(H,47,48)(H,49,50)/t29-,31+,33-/m0/s1. The minimum atomic E-state index is -1.07. The van der Waals surface area contributed by atoms with Crippen LogP contribution in [0.25, 0.3) is 0 Å². The van der Waals surface area contributed by atoms with Crippen molar-refractivity contribution in [1.29, 1.82) is 0 Å². The van der Waals surface area contributed by atoms with Gasteiger partial charge < -0.3 is 26.6 Å². The Balaban J connectivity index is 3.97. The van der Waals surface area contributed by atoms with Crippen molar-refractivity contribution in [1.82, 2.24) is 15.4 Å². The van der Waals surface area contributed by atoms with Crippen LogP contribution in [-0.2, 0) is 33.6 Å². The van der Waals surface area contributed by atoms with Crippen LogP contribution in [0.3, 0.4) is 0 Å². The second kappa shape index (κ2) is 32.8. The fraction of sp³-hybridized carbons (Fsp3) is 0.816. The molecule has 0 aromatic rings. The van der Waals surface area contributed by atoms with Crippen LogP contribution in [0.2, 0.25) is 0 Å². The predicted molar refractivity (Wildman–Crippen MR) is 204 cm³/mol. The number of carboxylic acid groups (broad SMARTS) is 2. The highest BCUT2D eigenvalue weighted by atomic mass is 32.2. The summed E-state index contributed by atoms with van der Waals surface area (Å²) in [7, 11) is 0. The zero-order valence-corrected chi connectivity index (χ0v) is 32.7. The molecule has 0 radical (unpaired) electrons. The second-order valence-corrected chi connectivity index (χ2v) is 14.7. The number of carbonyl (C=O) groups is 7. The minimum absolute atomic E-state index is 0.00288. The lowest BCUT2D eigenvalue weighted by molar-refractivity contribution is -0.144. The van der Waals surface area contributed by atoms with Gasteiger partial charge in [-0.1, -0.05) is 89.9 Å². The van der Waals surface area contributed by atoms with Crippen LogP contribution < -0.4 is 21.1 Å². The lowest BCUT2D eigenvalue weighted by atomic mass is 9.94. The lowest BCUT2D eigenvalue weighted by Gasteiger charge is -2.17. The Morgan fingerprint density at radius 1 is 0.654 bits per heavy atom. The van der Waals surface area contributed by atoms with Crippen molar-refractivity contribution >= 4 is 52.4 Å². The third-order valence-electron chi connectivity index (χ3n) is 9.05.